The summed E-state index contributed by atoms with van der Waals surface area (Å²) in [6.07, 6.45) is 2.97. The minimum Gasteiger partial charge on any atom is -0.336 e. The van der Waals surface area contributed by atoms with Crippen LogP contribution in [0.5, 0.6) is 0 Å². The Hall–Kier alpha value is -3.58. The molecule has 0 unspecified atom stereocenters. The van der Waals surface area contributed by atoms with Crippen LogP contribution in [0.25, 0.3) is 22.5 Å². The summed E-state index contributed by atoms with van der Waals surface area (Å²) in [6, 6.07) is 14.3. The molecule has 0 saturated carbocycles. The fourth-order valence-electron chi connectivity index (χ4n) is 2.94. The number of anilines is 2. The van der Waals surface area contributed by atoms with E-state index >= 15 is 0 Å². The van der Waals surface area contributed by atoms with Crippen LogP contribution in [0.1, 0.15) is 6.92 Å². The second-order valence-corrected chi connectivity index (χ2v) is 6.58. The lowest BCUT2D eigenvalue weighted by Gasteiger charge is -2.19. The largest absolute Gasteiger partial charge is 0.336 e. The maximum atomic E-state index is 13.4. The van der Waals surface area contributed by atoms with E-state index in [1.807, 2.05) is 0 Å². The third-order valence-corrected chi connectivity index (χ3v) is 4.48. The lowest BCUT2D eigenvalue weighted by atomic mass is 10.0. The highest BCUT2D eigenvalue weighted by atomic mass is 35.5. The van der Waals surface area contributed by atoms with Crippen molar-refractivity contribution in [1.82, 2.24) is 15.1 Å². The number of nitrogens with zero attached hydrogens (tertiary/aromatic N) is 4. The molecule has 2 aromatic heterocycles. The summed E-state index contributed by atoms with van der Waals surface area (Å²) >= 11 is 5.98. The van der Waals surface area contributed by atoms with Crippen LogP contribution in [-0.4, -0.2) is 21.0 Å². The molecule has 0 atom stereocenters. The minimum absolute atomic E-state index is 0.192. The molecule has 0 aliphatic rings. The van der Waals surface area contributed by atoms with Gasteiger partial charge in [0.2, 0.25) is 11.8 Å². The smallest absolute Gasteiger partial charge is 0.248 e. The van der Waals surface area contributed by atoms with E-state index < -0.39 is 0 Å². The molecule has 0 radical (unpaired) electrons. The van der Waals surface area contributed by atoms with Crippen LogP contribution in [0.15, 0.2) is 71.6 Å². The number of rotatable bonds is 4. The zero-order valence-corrected chi connectivity index (χ0v) is 16.0. The van der Waals surface area contributed by atoms with Crippen molar-refractivity contribution in [3.8, 4) is 22.5 Å². The first-order valence-electron chi connectivity index (χ1n) is 8.63. The number of aromatic nitrogens is 3. The van der Waals surface area contributed by atoms with Gasteiger partial charge in [0.15, 0.2) is 0 Å². The summed E-state index contributed by atoms with van der Waals surface area (Å²) in [7, 11) is 0. The van der Waals surface area contributed by atoms with Crippen LogP contribution >= 0.6 is 11.6 Å². The van der Waals surface area contributed by atoms with Gasteiger partial charge in [-0.2, -0.15) is 0 Å². The molecule has 4 rings (SSSR count). The lowest BCUT2D eigenvalue weighted by Crippen LogP contribution is -2.22. The van der Waals surface area contributed by atoms with Crippen LogP contribution in [0.4, 0.5) is 16.0 Å². The molecular formula is C21H14ClFN4O2. The summed E-state index contributed by atoms with van der Waals surface area (Å²) in [5.74, 6) is -0.463. The van der Waals surface area contributed by atoms with Crippen LogP contribution in [0.3, 0.4) is 0 Å². The van der Waals surface area contributed by atoms with E-state index in [2.05, 4.69) is 15.1 Å². The van der Waals surface area contributed by atoms with Gasteiger partial charge in [-0.3, -0.25) is 4.79 Å². The molecule has 0 spiro atoms. The molecule has 2 heterocycles. The van der Waals surface area contributed by atoms with E-state index in [1.165, 1.54) is 30.3 Å². The Labute approximate surface area is 170 Å². The van der Waals surface area contributed by atoms with E-state index in [-0.39, 0.29) is 17.6 Å². The number of carbonyl (C=O) groups excluding carboxylic acids is 1. The summed E-state index contributed by atoms with van der Waals surface area (Å²) in [4.78, 5) is 22.1. The van der Waals surface area contributed by atoms with Crippen LogP contribution in [0.2, 0.25) is 5.02 Å². The van der Waals surface area contributed by atoms with Gasteiger partial charge >= 0.3 is 0 Å². The van der Waals surface area contributed by atoms with Crippen molar-refractivity contribution < 1.29 is 13.7 Å². The molecule has 2 aromatic carbocycles. The quantitative estimate of drug-likeness (QED) is 0.459. The molecule has 0 aliphatic carbocycles. The Balaban J connectivity index is 1.94. The number of hydrogen-bond acceptors (Lipinski definition) is 5. The first-order valence-corrected chi connectivity index (χ1v) is 9.00. The van der Waals surface area contributed by atoms with E-state index in [0.29, 0.717) is 33.2 Å². The highest BCUT2D eigenvalue weighted by Gasteiger charge is 2.28. The van der Waals surface area contributed by atoms with Crippen LogP contribution in [0, 0.1) is 5.82 Å². The third-order valence-electron chi connectivity index (χ3n) is 4.23. The van der Waals surface area contributed by atoms with Crippen molar-refractivity contribution >= 4 is 29.1 Å². The van der Waals surface area contributed by atoms with Crippen LogP contribution < -0.4 is 4.90 Å². The van der Waals surface area contributed by atoms with Gasteiger partial charge in [0.25, 0.3) is 0 Å². The van der Waals surface area contributed by atoms with Gasteiger partial charge in [-0.15, -0.1) is 0 Å². The Morgan fingerprint density at radius 3 is 2.41 bits per heavy atom. The standard InChI is InChI=1S/C21H14ClFN4O2/c1-13(28)27(17-8-4-15(22)5-9-17)21-19(18-10-11-24-12-25-18)20(26-29-21)14-2-6-16(23)7-3-14/h2-12H,1H3. The molecule has 0 saturated heterocycles. The van der Waals surface area contributed by atoms with Gasteiger partial charge in [-0.05, 0) is 54.6 Å². The van der Waals surface area contributed by atoms with Crippen LogP contribution in [-0.2, 0) is 4.79 Å². The first-order chi connectivity index (χ1) is 14.0. The Morgan fingerprint density at radius 1 is 1.07 bits per heavy atom. The summed E-state index contributed by atoms with van der Waals surface area (Å²) < 4.78 is 19.0. The predicted molar refractivity (Wildman–Crippen MR) is 107 cm³/mol. The van der Waals surface area contributed by atoms with E-state index in [0.717, 1.165) is 0 Å². The zero-order chi connectivity index (χ0) is 20.4. The van der Waals surface area contributed by atoms with Gasteiger partial charge in [0, 0.05) is 23.7 Å². The monoisotopic (exact) mass is 408 g/mol. The Kier molecular flexibility index (Phi) is 5.05. The molecule has 6 nitrogen and oxygen atoms in total. The van der Waals surface area contributed by atoms with Gasteiger partial charge in [0.05, 0.1) is 16.9 Å². The number of amides is 1. The highest BCUT2D eigenvalue weighted by molar-refractivity contribution is 6.30. The minimum atomic E-state index is -0.368. The molecule has 0 fully saturated rings. The fourth-order valence-corrected chi connectivity index (χ4v) is 3.07. The van der Waals surface area contributed by atoms with Crippen molar-refractivity contribution in [3.63, 3.8) is 0 Å². The SMILES string of the molecule is CC(=O)N(c1ccc(Cl)cc1)c1onc(-c2ccc(F)cc2)c1-c1ccncn1. The van der Waals surface area contributed by atoms with Gasteiger partial charge in [0.1, 0.15) is 17.8 Å². The van der Waals surface area contributed by atoms with Crippen molar-refractivity contribution in [2.24, 2.45) is 0 Å². The maximum absolute atomic E-state index is 13.4. The predicted octanol–water partition coefficient (Wildman–Crippen LogP) is 5.28. The molecule has 0 bridgehead atoms. The molecule has 4 aromatic rings. The normalized spacial score (nSPS) is 10.7. The fraction of sp³-hybridized carbons (Fsp3) is 0.0476. The third kappa shape index (κ3) is 3.72. The van der Waals surface area contributed by atoms with Gasteiger partial charge in [-0.25, -0.2) is 19.3 Å². The molecule has 29 heavy (non-hydrogen) atoms. The molecule has 1 amide bonds. The number of carbonyl (C=O) groups is 1. The lowest BCUT2D eigenvalue weighted by molar-refractivity contribution is -0.116. The highest BCUT2D eigenvalue weighted by Crippen LogP contribution is 2.41. The summed E-state index contributed by atoms with van der Waals surface area (Å²) in [5.41, 5.74) is 2.60. The van der Waals surface area contributed by atoms with Crippen molar-refractivity contribution in [2.45, 2.75) is 6.92 Å². The second kappa shape index (κ2) is 7.81. The number of halogens is 2. The van der Waals surface area contributed by atoms with Crippen molar-refractivity contribution in [2.75, 3.05) is 4.90 Å². The molecule has 0 N–H and O–H groups in total. The van der Waals surface area contributed by atoms with E-state index in [1.54, 1.807) is 48.7 Å². The van der Waals surface area contributed by atoms with Gasteiger partial charge < -0.3 is 4.52 Å². The van der Waals surface area contributed by atoms with E-state index in [4.69, 9.17) is 16.1 Å². The zero-order valence-electron chi connectivity index (χ0n) is 15.2. The maximum Gasteiger partial charge on any atom is 0.248 e. The average molecular weight is 409 g/mol. The number of benzene rings is 2. The topological polar surface area (TPSA) is 72.1 Å². The van der Waals surface area contributed by atoms with Crippen molar-refractivity contribution in [1.29, 1.82) is 0 Å². The molecular weight excluding hydrogens is 395 g/mol. The summed E-state index contributed by atoms with van der Waals surface area (Å²) in [5, 5.41) is 4.70. The van der Waals surface area contributed by atoms with Crippen molar-refractivity contribution in [3.05, 3.63) is 78.0 Å². The molecule has 8 heteroatoms. The summed E-state index contributed by atoms with van der Waals surface area (Å²) in [6.45, 7) is 1.42. The second-order valence-electron chi connectivity index (χ2n) is 6.14. The Bertz CT molecular complexity index is 1150. The molecule has 0 aliphatic heterocycles. The van der Waals surface area contributed by atoms with Gasteiger partial charge in [-0.1, -0.05) is 16.8 Å². The number of hydrogen-bond donors (Lipinski definition) is 0. The Morgan fingerprint density at radius 2 is 1.79 bits per heavy atom. The first kappa shape index (κ1) is 18.8. The average Bonchev–Trinajstić information content (AvgIpc) is 3.15. The van der Waals surface area contributed by atoms with E-state index in [9.17, 15) is 9.18 Å². The molecule has 144 valence electrons.